The van der Waals surface area contributed by atoms with Crippen LogP contribution in [-0.4, -0.2) is 76.0 Å². The van der Waals surface area contributed by atoms with Crippen LogP contribution in [0.5, 0.6) is 0 Å². The van der Waals surface area contributed by atoms with Crippen LogP contribution in [0.2, 0.25) is 0 Å². The van der Waals surface area contributed by atoms with E-state index >= 15 is 0 Å². The number of methoxy groups -OCH3 is 1. The zero-order chi connectivity index (χ0) is 18.0. The van der Waals surface area contributed by atoms with E-state index in [1.165, 1.54) is 13.2 Å². The molecule has 146 valence electrons. The van der Waals surface area contributed by atoms with Gasteiger partial charge in [-0.15, -0.1) is 12.4 Å². The quantitative estimate of drug-likeness (QED) is 0.751. The molecule has 2 heterocycles. The smallest absolute Gasteiger partial charge is 0.337 e. The number of hydrogen-bond donors (Lipinski definition) is 1. The van der Waals surface area contributed by atoms with Crippen LogP contribution in [0, 0.1) is 6.92 Å². The molecule has 1 aromatic rings. The van der Waals surface area contributed by atoms with Gasteiger partial charge in [-0.25, -0.2) is 13.2 Å². The molecule has 0 amide bonds. The summed E-state index contributed by atoms with van der Waals surface area (Å²) in [6.45, 7) is 6.57. The number of esters is 1. The highest BCUT2D eigenvalue weighted by atomic mass is 35.5. The highest BCUT2D eigenvalue weighted by Crippen LogP contribution is 2.26. The zero-order valence-corrected chi connectivity index (χ0v) is 16.7. The second-order valence-electron chi connectivity index (χ2n) is 6.56. The molecule has 7 nitrogen and oxygen atoms in total. The largest absolute Gasteiger partial charge is 0.465 e. The monoisotopic (exact) mass is 403 g/mol. The van der Waals surface area contributed by atoms with Crippen LogP contribution in [0.25, 0.3) is 0 Å². The number of carbonyl (C=O) groups is 1. The first-order valence-corrected chi connectivity index (χ1v) is 10.0. The maximum Gasteiger partial charge on any atom is 0.337 e. The van der Waals surface area contributed by atoms with Crippen molar-refractivity contribution in [3.05, 3.63) is 29.3 Å². The Labute approximate surface area is 161 Å². The Morgan fingerprint density at radius 3 is 2.58 bits per heavy atom. The van der Waals surface area contributed by atoms with Crippen molar-refractivity contribution in [3.63, 3.8) is 0 Å². The molecule has 0 spiro atoms. The molecule has 26 heavy (non-hydrogen) atoms. The number of benzene rings is 1. The van der Waals surface area contributed by atoms with Gasteiger partial charge in [-0.05, 0) is 31.0 Å². The Morgan fingerprint density at radius 1 is 1.23 bits per heavy atom. The molecule has 0 aliphatic carbocycles. The number of halogens is 1. The lowest BCUT2D eigenvalue weighted by Crippen LogP contribution is -2.49. The first kappa shape index (κ1) is 21.1. The molecule has 2 aliphatic heterocycles. The molecule has 2 saturated heterocycles. The summed E-state index contributed by atoms with van der Waals surface area (Å²) in [6.07, 6.45) is 0.842. The minimum Gasteiger partial charge on any atom is -0.465 e. The first-order valence-electron chi connectivity index (χ1n) is 8.57. The van der Waals surface area contributed by atoms with Gasteiger partial charge in [0.05, 0.1) is 17.6 Å². The van der Waals surface area contributed by atoms with E-state index in [9.17, 15) is 13.2 Å². The summed E-state index contributed by atoms with van der Waals surface area (Å²) in [5.41, 5.74) is 0.891. The van der Waals surface area contributed by atoms with E-state index in [2.05, 4.69) is 10.2 Å². The molecule has 0 radical (unpaired) electrons. The number of nitrogens with one attached hydrogen (secondary N) is 1. The molecule has 2 aliphatic rings. The number of aryl methyl sites for hydroxylation is 1. The topological polar surface area (TPSA) is 79.0 Å². The third-order valence-electron chi connectivity index (χ3n) is 5.02. The normalized spacial score (nSPS) is 22.0. The highest BCUT2D eigenvalue weighted by molar-refractivity contribution is 7.89. The van der Waals surface area contributed by atoms with Crippen LogP contribution >= 0.6 is 12.4 Å². The van der Waals surface area contributed by atoms with Crippen molar-refractivity contribution in [2.45, 2.75) is 24.3 Å². The van der Waals surface area contributed by atoms with Crippen LogP contribution in [0.3, 0.4) is 0 Å². The van der Waals surface area contributed by atoms with Gasteiger partial charge in [0.25, 0.3) is 0 Å². The molecular weight excluding hydrogens is 378 g/mol. The number of rotatable bonds is 4. The Morgan fingerprint density at radius 2 is 1.92 bits per heavy atom. The van der Waals surface area contributed by atoms with E-state index in [0.29, 0.717) is 18.7 Å². The average molecular weight is 404 g/mol. The van der Waals surface area contributed by atoms with Crippen LogP contribution in [0.15, 0.2) is 23.1 Å². The minimum absolute atomic E-state index is 0. The highest BCUT2D eigenvalue weighted by Gasteiger charge is 2.36. The number of ether oxygens (including phenoxy) is 1. The van der Waals surface area contributed by atoms with Gasteiger partial charge in [0.15, 0.2) is 0 Å². The molecule has 3 rings (SSSR count). The molecule has 1 atom stereocenters. The molecule has 0 saturated carbocycles. The summed E-state index contributed by atoms with van der Waals surface area (Å²) in [6, 6.07) is 4.94. The third-order valence-corrected chi connectivity index (χ3v) is 7.03. The van der Waals surface area contributed by atoms with Crippen molar-refractivity contribution in [1.82, 2.24) is 14.5 Å². The second-order valence-corrected chi connectivity index (χ2v) is 8.47. The third kappa shape index (κ3) is 4.20. The van der Waals surface area contributed by atoms with Crippen molar-refractivity contribution >= 4 is 28.4 Å². The fraction of sp³-hybridized carbons (Fsp3) is 0.588. The molecule has 0 aromatic heterocycles. The standard InChI is InChI=1S/C17H25N3O4S.ClH/c1-13-3-4-14(17(21)24-2)11-16(13)25(22,23)20-8-5-15(12-20)19-9-6-18-7-10-19;/h3-4,11,15,18H,5-10,12H2,1-2H3;1H. The molecule has 9 heteroatoms. The maximum absolute atomic E-state index is 13.1. The molecule has 1 aromatic carbocycles. The van der Waals surface area contributed by atoms with Crippen molar-refractivity contribution in [2.75, 3.05) is 46.4 Å². The lowest BCUT2D eigenvalue weighted by molar-refractivity contribution is 0.0600. The SMILES string of the molecule is COC(=O)c1ccc(C)c(S(=O)(=O)N2CCC(N3CCNCC3)C2)c1.Cl. The predicted octanol–water partition coefficient (Wildman–Crippen LogP) is 0.872. The lowest BCUT2D eigenvalue weighted by atomic mass is 10.1. The summed E-state index contributed by atoms with van der Waals surface area (Å²) in [5, 5.41) is 3.32. The predicted molar refractivity (Wildman–Crippen MR) is 101 cm³/mol. The second kappa shape index (κ2) is 8.67. The van der Waals surface area contributed by atoms with E-state index in [0.717, 1.165) is 32.6 Å². The van der Waals surface area contributed by atoms with Gasteiger partial charge in [0, 0.05) is 45.3 Å². The van der Waals surface area contributed by atoms with Crippen LogP contribution < -0.4 is 5.32 Å². The number of carbonyl (C=O) groups excluding carboxylic acids is 1. The van der Waals surface area contributed by atoms with E-state index in [1.807, 2.05) is 0 Å². The van der Waals surface area contributed by atoms with Crippen LogP contribution in [-0.2, 0) is 14.8 Å². The summed E-state index contributed by atoms with van der Waals surface area (Å²) in [4.78, 5) is 14.3. The summed E-state index contributed by atoms with van der Waals surface area (Å²) in [5.74, 6) is -0.531. The van der Waals surface area contributed by atoms with Crippen LogP contribution in [0.1, 0.15) is 22.3 Å². The Kier molecular flexibility index (Phi) is 7.04. The van der Waals surface area contributed by atoms with E-state index in [4.69, 9.17) is 4.74 Å². The van der Waals surface area contributed by atoms with E-state index < -0.39 is 16.0 Å². The van der Waals surface area contributed by atoms with E-state index in [1.54, 1.807) is 23.4 Å². The van der Waals surface area contributed by atoms with Crippen molar-refractivity contribution < 1.29 is 17.9 Å². The van der Waals surface area contributed by atoms with Gasteiger partial charge < -0.3 is 10.1 Å². The van der Waals surface area contributed by atoms with Gasteiger partial charge >= 0.3 is 5.97 Å². The summed E-state index contributed by atoms with van der Waals surface area (Å²) >= 11 is 0. The lowest BCUT2D eigenvalue weighted by Gasteiger charge is -2.32. The zero-order valence-electron chi connectivity index (χ0n) is 15.1. The molecular formula is C17H26ClN3O4S. The fourth-order valence-electron chi connectivity index (χ4n) is 3.54. The number of piperazine rings is 1. The van der Waals surface area contributed by atoms with Crippen LogP contribution in [0.4, 0.5) is 0 Å². The minimum atomic E-state index is -3.62. The summed E-state index contributed by atoms with van der Waals surface area (Å²) < 4.78 is 32.4. The molecule has 2 fully saturated rings. The number of nitrogens with zero attached hydrogens (tertiary/aromatic N) is 2. The molecule has 0 bridgehead atoms. The Balaban J connectivity index is 0.00000243. The van der Waals surface area contributed by atoms with Crippen molar-refractivity contribution in [2.24, 2.45) is 0 Å². The van der Waals surface area contributed by atoms with Gasteiger partial charge in [0.1, 0.15) is 0 Å². The summed E-state index contributed by atoms with van der Waals surface area (Å²) in [7, 11) is -2.34. The van der Waals surface area contributed by atoms with Crippen molar-refractivity contribution in [3.8, 4) is 0 Å². The Bertz CT molecular complexity index is 750. The first-order chi connectivity index (χ1) is 11.9. The van der Waals surface area contributed by atoms with Gasteiger partial charge in [-0.3, -0.25) is 4.90 Å². The molecule has 1 N–H and O–H groups in total. The number of sulfonamides is 1. The average Bonchev–Trinajstić information content (AvgIpc) is 3.13. The van der Waals surface area contributed by atoms with Crippen molar-refractivity contribution in [1.29, 1.82) is 0 Å². The number of hydrogen-bond acceptors (Lipinski definition) is 6. The Hall–Kier alpha value is -1.19. The maximum atomic E-state index is 13.1. The fourth-order valence-corrected chi connectivity index (χ4v) is 5.28. The van der Waals surface area contributed by atoms with Gasteiger partial charge in [-0.2, -0.15) is 4.31 Å². The van der Waals surface area contributed by atoms with Gasteiger partial charge in [0.2, 0.25) is 10.0 Å². The van der Waals surface area contributed by atoms with Gasteiger partial charge in [-0.1, -0.05) is 6.07 Å². The molecule has 1 unspecified atom stereocenters. The van der Waals surface area contributed by atoms with E-state index in [-0.39, 0.29) is 28.9 Å².